The van der Waals surface area contributed by atoms with E-state index in [1.165, 1.54) is 5.56 Å². The fraction of sp³-hybridized carbons (Fsp3) is 0.357. The van der Waals surface area contributed by atoms with Crippen molar-refractivity contribution in [3.63, 3.8) is 0 Å². The summed E-state index contributed by atoms with van der Waals surface area (Å²) in [4.78, 5) is 0. The molecule has 0 aliphatic carbocycles. The lowest BCUT2D eigenvalue weighted by Gasteiger charge is -2.22. The van der Waals surface area contributed by atoms with Crippen LogP contribution in [0.4, 0.5) is 5.82 Å². The average Bonchev–Trinajstić information content (AvgIpc) is 2.61. The summed E-state index contributed by atoms with van der Waals surface area (Å²) in [5, 5.41) is 4.38. The van der Waals surface area contributed by atoms with Gasteiger partial charge in [-0.25, -0.2) is 0 Å². The number of hydrogen-bond donors (Lipinski definition) is 1. The number of aryl methyl sites for hydroxylation is 1. The van der Waals surface area contributed by atoms with Crippen LogP contribution in [0.15, 0.2) is 30.3 Å². The molecule has 1 aromatic heterocycles. The lowest BCUT2D eigenvalue weighted by molar-refractivity contribution is 0.361. The van der Waals surface area contributed by atoms with Crippen LogP contribution < -0.4 is 5.73 Å². The summed E-state index contributed by atoms with van der Waals surface area (Å²) in [6.07, 6.45) is 0. The van der Waals surface area contributed by atoms with E-state index < -0.39 is 0 Å². The van der Waals surface area contributed by atoms with Crippen LogP contribution in [0.3, 0.4) is 0 Å². The first-order valence-corrected chi connectivity index (χ1v) is 5.81. The Kier molecular flexibility index (Phi) is 2.69. The Morgan fingerprint density at radius 3 is 2.24 bits per heavy atom. The molecule has 1 heterocycles. The molecule has 0 aliphatic rings. The predicted molar refractivity (Wildman–Crippen MR) is 71.8 cm³/mol. The highest BCUT2D eigenvalue weighted by molar-refractivity contribution is 5.63. The minimum atomic E-state index is -0.0716. The number of aromatic nitrogens is 2. The van der Waals surface area contributed by atoms with E-state index in [0.717, 1.165) is 11.3 Å². The van der Waals surface area contributed by atoms with Gasteiger partial charge >= 0.3 is 0 Å². The summed E-state index contributed by atoms with van der Waals surface area (Å²) in [5.41, 5.74) is 9.21. The first-order valence-electron chi connectivity index (χ1n) is 5.81. The Morgan fingerprint density at radius 2 is 1.71 bits per heavy atom. The second-order valence-electron chi connectivity index (χ2n) is 5.40. The molecule has 0 saturated carbocycles. The molecule has 1 aromatic carbocycles. The molecule has 0 unspecified atom stereocenters. The molecule has 0 aliphatic heterocycles. The first kappa shape index (κ1) is 11.7. The first-order chi connectivity index (χ1) is 7.88. The second kappa shape index (κ2) is 3.91. The summed E-state index contributed by atoms with van der Waals surface area (Å²) in [5.74, 6) is 0.565. The fourth-order valence-corrected chi connectivity index (χ4v) is 1.84. The van der Waals surface area contributed by atoms with Crippen molar-refractivity contribution in [2.24, 2.45) is 0 Å². The van der Waals surface area contributed by atoms with E-state index in [1.807, 2.05) is 10.7 Å². The van der Waals surface area contributed by atoms with Gasteiger partial charge in [-0.2, -0.15) is 5.10 Å². The molecule has 0 amide bonds. The van der Waals surface area contributed by atoms with E-state index in [4.69, 9.17) is 5.73 Å². The molecule has 17 heavy (non-hydrogen) atoms. The third kappa shape index (κ3) is 2.33. The molecule has 2 N–H and O–H groups in total. The van der Waals surface area contributed by atoms with Gasteiger partial charge in [0.2, 0.25) is 0 Å². The van der Waals surface area contributed by atoms with Gasteiger partial charge in [0.05, 0.1) is 11.2 Å². The maximum absolute atomic E-state index is 5.81. The van der Waals surface area contributed by atoms with Crippen molar-refractivity contribution in [2.75, 3.05) is 5.73 Å². The van der Waals surface area contributed by atoms with E-state index in [9.17, 15) is 0 Å². The number of benzene rings is 1. The summed E-state index contributed by atoms with van der Waals surface area (Å²) in [6, 6.07) is 10.3. The van der Waals surface area contributed by atoms with Crippen LogP contribution in [-0.4, -0.2) is 9.78 Å². The van der Waals surface area contributed by atoms with Gasteiger partial charge in [-0.15, -0.1) is 0 Å². The van der Waals surface area contributed by atoms with E-state index in [1.54, 1.807) is 0 Å². The third-order valence-electron chi connectivity index (χ3n) is 2.71. The van der Waals surface area contributed by atoms with Gasteiger partial charge in [0.1, 0.15) is 5.82 Å². The van der Waals surface area contributed by atoms with Crippen molar-refractivity contribution in [1.82, 2.24) is 9.78 Å². The average molecular weight is 229 g/mol. The van der Waals surface area contributed by atoms with E-state index in [-0.39, 0.29) is 5.54 Å². The number of nitrogens with zero attached hydrogens (tertiary/aromatic N) is 2. The molecule has 3 heteroatoms. The van der Waals surface area contributed by atoms with Gasteiger partial charge in [-0.3, -0.25) is 4.68 Å². The molecule has 0 fully saturated rings. The molecule has 2 aromatic rings. The van der Waals surface area contributed by atoms with Crippen LogP contribution in [0.25, 0.3) is 11.3 Å². The van der Waals surface area contributed by atoms with Crippen molar-refractivity contribution in [1.29, 1.82) is 0 Å². The van der Waals surface area contributed by atoms with Crippen molar-refractivity contribution in [2.45, 2.75) is 33.2 Å². The SMILES string of the molecule is Cc1ccc(-c2cc(N)nn2C(C)(C)C)cc1. The minimum Gasteiger partial charge on any atom is -0.382 e. The second-order valence-corrected chi connectivity index (χ2v) is 5.40. The van der Waals surface area contributed by atoms with Crippen LogP contribution >= 0.6 is 0 Å². The molecule has 3 nitrogen and oxygen atoms in total. The molecule has 0 saturated heterocycles. The van der Waals surface area contributed by atoms with Crippen molar-refractivity contribution >= 4 is 5.82 Å². The number of anilines is 1. The van der Waals surface area contributed by atoms with Crippen LogP contribution in [0.2, 0.25) is 0 Å². The molecule has 90 valence electrons. The molecule has 0 spiro atoms. The maximum Gasteiger partial charge on any atom is 0.146 e. The summed E-state index contributed by atoms with van der Waals surface area (Å²) in [6.45, 7) is 8.45. The standard InChI is InChI=1S/C14H19N3/c1-10-5-7-11(8-6-10)12-9-13(15)16-17(12)14(2,3)4/h5-9H,1-4H3,(H2,15,16). The molecule has 0 radical (unpaired) electrons. The quantitative estimate of drug-likeness (QED) is 0.816. The topological polar surface area (TPSA) is 43.8 Å². The number of nitrogen functional groups attached to an aromatic ring is 1. The molecular weight excluding hydrogens is 210 g/mol. The van der Waals surface area contributed by atoms with Gasteiger partial charge in [0.25, 0.3) is 0 Å². The highest BCUT2D eigenvalue weighted by atomic mass is 15.3. The highest BCUT2D eigenvalue weighted by Gasteiger charge is 2.19. The number of nitrogens with two attached hydrogens (primary N) is 1. The smallest absolute Gasteiger partial charge is 0.146 e. The van der Waals surface area contributed by atoms with Crippen molar-refractivity contribution < 1.29 is 0 Å². The van der Waals surface area contributed by atoms with Gasteiger partial charge in [-0.05, 0) is 33.3 Å². The lowest BCUT2D eigenvalue weighted by atomic mass is 10.1. The minimum absolute atomic E-state index is 0.0716. The predicted octanol–water partition coefficient (Wildman–Crippen LogP) is 3.20. The summed E-state index contributed by atoms with van der Waals surface area (Å²) < 4.78 is 1.98. The molecular formula is C14H19N3. The Labute approximate surface area is 102 Å². The monoisotopic (exact) mass is 229 g/mol. The summed E-state index contributed by atoms with van der Waals surface area (Å²) >= 11 is 0. The van der Waals surface area contributed by atoms with Gasteiger partial charge in [-0.1, -0.05) is 29.8 Å². The van der Waals surface area contributed by atoms with E-state index in [0.29, 0.717) is 5.82 Å². The van der Waals surface area contributed by atoms with Crippen LogP contribution in [-0.2, 0) is 5.54 Å². The lowest BCUT2D eigenvalue weighted by Crippen LogP contribution is -2.24. The molecule has 2 rings (SSSR count). The molecule has 0 bridgehead atoms. The van der Waals surface area contributed by atoms with Crippen LogP contribution in [0.5, 0.6) is 0 Å². The zero-order chi connectivity index (χ0) is 12.6. The molecule has 0 atom stereocenters. The third-order valence-corrected chi connectivity index (χ3v) is 2.71. The van der Waals surface area contributed by atoms with Crippen molar-refractivity contribution in [3.05, 3.63) is 35.9 Å². The van der Waals surface area contributed by atoms with E-state index >= 15 is 0 Å². The van der Waals surface area contributed by atoms with Crippen LogP contribution in [0.1, 0.15) is 26.3 Å². The maximum atomic E-state index is 5.81. The Hall–Kier alpha value is -1.77. The fourth-order valence-electron chi connectivity index (χ4n) is 1.84. The Morgan fingerprint density at radius 1 is 1.12 bits per heavy atom. The zero-order valence-corrected chi connectivity index (χ0v) is 10.9. The van der Waals surface area contributed by atoms with Gasteiger partial charge in [0.15, 0.2) is 0 Å². The van der Waals surface area contributed by atoms with Crippen LogP contribution in [0, 0.1) is 6.92 Å². The van der Waals surface area contributed by atoms with E-state index in [2.05, 4.69) is 57.1 Å². The highest BCUT2D eigenvalue weighted by Crippen LogP contribution is 2.27. The Bertz CT molecular complexity index is 515. The number of hydrogen-bond acceptors (Lipinski definition) is 2. The van der Waals surface area contributed by atoms with Gasteiger partial charge in [0, 0.05) is 6.07 Å². The van der Waals surface area contributed by atoms with Gasteiger partial charge < -0.3 is 5.73 Å². The van der Waals surface area contributed by atoms with Crippen molar-refractivity contribution in [3.8, 4) is 11.3 Å². The zero-order valence-electron chi connectivity index (χ0n) is 10.9. The normalized spacial score (nSPS) is 11.8. The Balaban J connectivity index is 2.55. The summed E-state index contributed by atoms with van der Waals surface area (Å²) in [7, 11) is 0. The number of rotatable bonds is 1. The largest absolute Gasteiger partial charge is 0.382 e.